The van der Waals surface area contributed by atoms with E-state index in [9.17, 15) is 14.4 Å². The minimum absolute atomic E-state index is 0.268. The van der Waals surface area contributed by atoms with E-state index in [0.29, 0.717) is 16.4 Å². The molecule has 0 saturated carbocycles. The summed E-state index contributed by atoms with van der Waals surface area (Å²) in [5.41, 5.74) is 1.02. The number of fused-ring (bicyclic) bond motifs is 1. The largest absolute Gasteiger partial charge is 0.311 e. The van der Waals surface area contributed by atoms with Crippen molar-refractivity contribution in [3.05, 3.63) is 46.3 Å². The molecule has 8 heteroatoms. The highest BCUT2D eigenvalue weighted by Gasteiger charge is 2.19. The van der Waals surface area contributed by atoms with Crippen molar-refractivity contribution < 1.29 is 14.4 Å². The predicted octanol–water partition coefficient (Wildman–Crippen LogP) is 3.67. The van der Waals surface area contributed by atoms with E-state index in [0.717, 1.165) is 10.2 Å². The summed E-state index contributed by atoms with van der Waals surface area (Å²) in [4.78, 5) is 40.5. The summed E-state index contributed by atoms with van der Waals surface area (Å²) in [6.45, 7) is 1.86. The van der Waals surface area contributed by atoms with Gasteiger partial charge in [0.15, 0.2) is 5.01 Å². The Morgan fingerprint density at radius 3 is 2.68 bits per heavy atom. The number of anilines is 1. The minimum atomic E-state index is -0.515. The van der Waals surface area contributed by atoms with Crippen molar-refractivity contribution in [2.75, 3.05) is 5.32 Å². The van der Waals surface area contributed by atoms with Crippen LogP contribution >= 0.6 is 22.7 Å². The van der Waals surface area contributed by atoms with Gasteiger partial charge in [-0.2, -0.15) is 0 Å². The molecule has 25 heavy (non-hydrogen) atoms. The van der Waals surface area contributed by atoms with Gasteiger partial charge in [-0.3, -0.25) is 19.7 Å². The summed E-state index contributed by atoms with van der Waals surface area (Å²) in [6, 6.07) is 9.06. The number of imide groups is 1. The van der Waals surface area contributed by atoms with Gasteiger partial charge in [-0.05, 0) is 30.0 Å². The first-order chi connectivity index (χ1) is 12.1. The van der Waals surface area contributed by atoms with Gasteiger partial charge >= 0.3 is 0 Å². The fraction of sp³-hybridized carbons (Fsp3) is 0.176. The van der Waals surface area contributed by atoms with E-state index in [1.165, 1.54) is 22.7 Å². The maximum Gasteiger partial charge on any atom is 0.285 e. The number of benzene rings is 1. The monoisotopic (exact) mass is 373 g/mol. The Kier molecular flexibility index (Phi) is 5.20. The number of amides is 3. The van der Waals surface area contributed by atoms with Crippen LogP contribution in [0.2, 0.25) is 0 Å². The average molecular weight is 373 g/mol. The van der Waals surface area contributed by atoms with Crippen LogP contribution in [0.1, 0.15) is 39.9 Å². The lowest BCUT2D eigenvalue weighted by molar-refractivity contribution is -0.120. The highest BCUT2D eigenvalue weighted by atomic mass is 32.1. The molecule has 3 aromatic rings. The van der Waals surface area contributed by atoms with E-state index in [1.54, 1.807) is 11.4 Å². The van der Waals surface area contributed by atoms with Gasteiger partial charge in [-0.1, -0.05) is 19.1 Å². The van der Waals surface area contributed by atoms with Crippen LogP contribution < -0.4 is 10.6 Å². The van der Waals surface area contributed by atoms with E-state index in [2.05, 4.69) is 15.6 Å². The van der Waals surface area contributed by atoms with Crippen molar-refractivity contribution in [2.45, 2.75) is 19.8 Å². The van der Waals surface area contributed by atoms with Gasteiger partial charge in [0.25, 0.3) is 11.8 Å². The SMILES string of the molecule is CCCC(=O)NC(=O)c1ccsc1NC(=O)c1nc2ccccc2s1. The average Bonchev–Trinajstić information content (AvgIpc) is 3.21. The highest BCUT2D eigenvalue weighted by Crippen LogP contribution is 2.26. The molecule has 128 valence electrons. The molecule has 6 nitrogen and oxygen atoms in total. The van der Waals surface area contributed by atoms with Gasteiger partial charge in [-0.15, -0.1) is 22.7 Å². The van der Waals surface area contributed by atoms with Crippen LogP contribution in [-0.2, 0) is 4.79 Å². The smallest absolute Gasteiger partial charge is 0.285 e. The number of nitrogens with one attached hydrogen (secondary N) is 2. The number of carbonyl (C=O) groups excluding carboxylic acids is 3. The van der Waals surface area contributed by atoms with Crippen molar-refractivity contribution in [3.8, 4) is 0 Å². The number of aromatic nitrogens is 1. The van der Waals surface area contributed by atoms with Crippen molar-refractivity contribution in [1.29, 1.82) is 0 Å². The first-order valence-electron chi connectivity index (χ1n) is 7.67. The molecule has 0 spiro atoms. The van der Waals surface area contributed by atoms with E-state index >= 15 is 0 Å². The van der Waals surface area contributed by atoms with Gasteiger partial charge in [0.2, 0.25) is 5.91 Å². The molecule has 0 saturated heterocycles. The first kappa shape index (κ1) is 17.2. The lowest BCUT2D eigenvalue weighted by atomic mass is 10.2. The summed E-state index contributed by atoms with van der Waals surface area (Å²) >= 11 is 2.51. The van der Waals surface area contributed by atoms with E-state index < -0.39 is 5.91 Å². The zero-order valence-corrected chi connectivity index (χ0v) is 15.0. The molecule has 2 N–H and O–H groups in total. The molecule has 0 aliphatic heterocycles. The lowest BCUT2D eigenvalue weighted by Gasteiger charge is -2.05. The third-order valence-electron chi connectivity index (χ3n) is 3.36. The molecule has 1 aromatic carbocycles. The maximum absolute atomic E-state index is 12.4. The Morgan fingerprint density at radius 1 is 1.12 bits per heavy atom. The van der Waals surface area contributed by atoms with Crippen LogP contribution in [0.15, 0.2) is 35.7 Å². The molecule has 2 aromatic heterocycles. The van der Waals surface area contributed by atoms with E-state index in [-0.39, 0.29) is 23.8 Å². The number of para-hydroxylation sites is 1. The van der Waals surface area contributed by atoms with Crippen molar-refractivity contribution >= 4 is 55.6 Å². The van der Waals surface area contributed by atoms with Crippen LogP contribution in [0.25, 0.3) is 10.2 Å². The number of thiazole rings is 1. The molecule has 0 atom stereocenters. The summed E-state index contributed by atoms with van der Waals surface area (Å²) in [7, 11) is 0. The maximum atomic E-state index is 12.4. The van der Waals surface area contributed by atoms with Gasteiger partial charge in [0.05, 0.1) is 15.8 Å². The molecule has 0 aliphatic rings. The Hall–Kier alpha value is -2.58. The standard InChI is InChI=1S/C17H15N3O3S2/c1-2-5-13(21)19-14(22)10-8-9-24-16(10)20-15(23)17-18-11-6-3-4-7-12(11)25-17/h3-4,6-9H,2,5H2,1H3,(H,20,23)(H,19,21,22). The third kappa shape index (κ3) is 3.92. The second-order valence-electron chi connectivity index (χ2n) is 5.23. The fourth-order valence-corrected chi connectivity index (χ4v) is 3.83. The van der Waals surface area contributed by atoms with Crippen LogP contribution in [0.3, 0.4) is 0 Å². The van der Waals surface area contributed by atoms with E-state index in [4.69, 9.17) is 0 Å². The molecule has 3 rings (SSSR count). The van der Waals surface area contributed by atoms with Gasteiger partial charge in [-0.25, -0.2) is 4.98 Å². The van der Waals surface area contributed by atoms with Crippen LogP contribution in [0, 0.1) is 0 Å². The second-order valence-corrected chi connectivity index (χ2v) is 7.18. The number of thiophene rings is 1. The second kappa shape index (κ2) is 7.54. The molecule has 0 aliphatic carbocycles. The van der Waals surface area contributed by atoms with Gasteiger partial charge in [0.1, 0.15) is 5.00 Å². The van der Waals surface area contributed by atoms with Gasteiger partial charge in [0, 0.05) is 6.42 Å². The molecule has 0 unspecified atom stereocenters. The summed E-state index contributed by atoms with van der Waals surface area (Å²) in [5.74, 6) is -1.22. The zero-order chi connectivity index (χ0) is 17.8. The lowest BCUT2D eigenvalue weighted by Crippen LogP contribution is -2.30. The zero-order valence-electron chi connectivity index (χ0n) is 13.4. The van der Waals surface area contributed by atoms with Crippen LogP contribution in [-0.4, -0.2) is 22.7 Å². The van der Waals surface area contributed by atoms with Crippen molar-refractivity contribution in [2.24, 2.45) is 0 Å². The Balaban J connectivity index is 1.75. The molecule has 3 amide bonds. The van der Waals surface area contributed by atoms with Crippen molar-refractivity contribution in [3.63, 3.8) is 0 Å². The summed E-state index contributed by atoms with van der Waals surface area (Å²) in [6.07, 6.45) is 0.938. The predicted molar refractivity (Wildman–Crippen MR) is 99.3 cm³/mol. The number of rotatable bonds is 5. The number of hydrogen-bond acceptors (Lipinski definition) is 6. The molecule has 0 fully saturated rings. The highest BCUT2D eigenvalue weighted by molar-refractivity contribution is 7.20. The molecular weight excluding hydrogens is 358 g/mol. The Labute approximate surface area is 151 Å². The third-order valence-corrected chi connectivity index (χ3v) is 5.22. The fourth-order valence-electron chi connectivity index (χ4n) is 2.19. The number of hydrogen-bond donors (Lipinski definition) is 2. The Morgan fingerprint density at radius 2 is 1.92 bits per heavy atom. The normalized spacial score (nSPS) is 10.6. The van der Waals surface area contributed by atoms with Crippen LogP contribution in [0.4, 0.5) is 5.00 Å². The minimum Gasteiger partial charge on any atom is -0.311 e. The van der Waals surface area contributed by atoms with Gasteiger partial charge < -0.3 is 5.32 Å². The summed E-state index contributed by atoms with van der Waals surface area (Å²) < 4.78 is 0.918. The molecule has 0 radical (unpaired) electrons. The van der Waals surface area contributed by atoms with E-state index in [1.807, 2.05) is 31.2 Å². The Bertz CT molecular complexity index is 912. The van der Waals surface area contributed by atoms with Crippen molar-refractivity contribution in [1.82, 2.24) is 10.3 Å². The molecule has 2 heterocycles. The topological polar surface area (TPSA) is 88.2 Å². The first-order valence-corrected chi connectivity index (χ1v) is 9.36. The molecule has 0 bridgehead atoms. The number of nitrogens with zero attached hydrogens (tertiary/aromatic N) is 1. The summed E-state index contributed by atoms with van der Waals surface area (Å²) in [5, 5.41) is 7.44. The molecular formula is C17H15N3O3S2. The quantitative estimate of drug-likeness (QED) is 0.714. The van der Waals surface area contributed by atoms with Crippen LogP contribution in [0.5, 0.6) is 0 Å². The number of carbonyl (C=O) groups is 3.